The predicted octanol–water partition coefficient (Wildman–Crippen LogP) is 3.33. The number of hydrogen-bond donors (Lipinski definition) is 1. The van der Waals surface area contributed by atoms with Gasteiger partial charge in [0.15, 0.2) is 0 Å². The highest BCUT2D eigenvalue weighted by atomic mass is 15.1. The lowest BCUT2D eigenvalue weighted by Crippen LogP contribution is -2.29. The van der Waals surface area contributed by atoms with Crippen LogP contribution in [-0.2, 0) is 6.54 Å². The van der Waals surface area contributed by atoms with E-state index in [1.807, 2.05) is 12.3 Å². The Morgan fingerprint density at radius 3 is 2.90 bits per heavy atom. The summed E-state index contributed by atoms with van der Waals surface area (Å²) in [7, 11) is 2.09. The van der Waals surface area contributed by atoms with Gasteiger partial charge in [-0.25, -0.2) is 4.98 Å². The Bertz CT molecular complexity index is 532. The zero-order valence-corrected chi connectivity index (χ0v) is 12.1. The average Bonchev–Trinajstić information content (AvgIpc) is 3.14. The highest BCUT2D eigenvalue weighted by molar-refractivity contribution is 5.55. The van der Waals surface area contributed by atoms with Gasteiger partial charge in [0, 0.05) is 30.5 Å². The van der Waals surface area contributed by atoms with Crippen molar-refractivity contribution in [3.8, 4) is 11.4 Å². The molecule has 1 fully saturated rings. The number of nitrogens with zero attached hydrogens (tertiary/aromatic N) is 2. The van der Waals surface area contributed by atoms with Crippen molar-refractivity contribution in [3.63, 3.8) is 0 Å². The van der Waals surface area contributed by atoms with Gasteiger partial charge < -0.3 is 9.88 Å². The van der Waals surface area contributed by atoms with Gasteiger partial charge in [0.25, 0.3) is 0 Å². The van der Waals surface area contributed by atoms with Crippen LogP contribution in [0.3, 0.4) is 0 Å². The molecule has 20 heavy (non-hydrogen) atoms. The molecule has 106 valence electrons. The molecule has 1 aliphatic carbocycles. The smallest absolute Gasteiger partial charge is 0.139 e. The predicted molar refractivity (Wildman–Crippen MR) is 82.5 cm³/mol. The minimum atomic E-state index is 0.707. The topological polar surface area (TPSA) is 29.9 Å². The van der Waals surface area contributed by atoms with Gasteiger partial charge in [-0.3, -0.25) is 0 Å². The van der Waals surface area contributed by atoms with E-state index in [0.29, 0.717) is 6.04 Å². The van der Waals surface area contributed by atoms with Gasteiger partial charge in [-0.05, 0) is 32.2 Å². The Labute approximate surface area is 121 Å². The molecular formula is C17H23N3. The van der Waals surface area contributed by atoms with Crippen LogP contribution in [0, 0.1) is 5.92 Å². The second-order valence-electron chi connectivity index (χ2n) is 5.69. The zero-order chi connectivity index (χ0) is 13.8. The number of rotatable bonds is 5. The van der Waals surface area contributed by atoms with E-state index < -0.39 is 0 Å². The Hall–Kier alpha value is -1.61. The van der Waals surface area contributed by atoms with E-state index in [4.69, 9.17) is 0 Å². The Balaban J connectivity index is 1.68. The summed E-state index contributed by atoms with van der Waals surface area (Å²) < 4.78 is 2.29. The summed E-state index contributed by atoms with van der Waals surface area (Å²) in [5, 5.41) is 3.47. The monoisotopic (exact) mass is 269 g/mol. The molecule has 0 spiro atoms. The van der Waals surface area contributed by atoms with Gasteiger partial charge in [-0.15, -0.1) is 0 Å². The van der Waals surface area contributed by atoms with Crippen LogP contribution in [0.25, 0.3) is 11.4 Å². The average molecular weight is 269 g/mol. The van der Waals surface area contributed by atoms with Gasteiger partial charge in [0.2, 0.25) is 0 Å². The van der Waals surface area contributed by atoms with Crippen molar-refractivity contribution < 1.29 is 0 Å². The van der Waals surface area contributed by atoms with Crippen LogP contribution in [0.15, 0.2) is 42.7 Å². The summed E-state index contributed by atoms with van der Waals surface area (Å²) in [5.41, 5.74) is 1.20. The molecule has 2 aromatic rings. The molecule has 2 unspecified atom stereocenters. The zero-order valence-electron chi connectivity index (χ0n) is 12.1. The third kappa shape index (κ3) is 2.78. The molecule has 1 aliphatic rings. The van der Waals surface area contributed by atoms with Gasteiger partial charge in [0.05, 0.1) is 0 Å². The maximum atomic E-state index is 4.52. The molecular weight excluding hydrogens is 246 g/mol. The van der Waals surface area contributed by atoms with Crippen molar-refractivity contribution in [2.24, 2.45) is 5.92 Å². The lowest BCUT2D eigenvalue weighted by atomic mass is 9.99. The van der Waals surface area contributed by atoms with E-state index in [1.165, 1.54) is 31.2 Å². The van der Waals surface area contributed by atoms with Crippen LogP contribution in [0.4, 0.5) is 0 Å². The fourth-order valence-corrected chi connectivity index (χ4v) is 3.40. The Kier molecular flexibility index (Phi) is 4.16. The van der Waals surface area contributed by atoms with Crippen LogP contribution in [0.5, 0.6) is 0 Å². The highest BCUT2D eigenvalue weighted by Gasteiger charge is 2.25. The van der Waals surface area contributed by atoms with Crippen LogP contribution >= 0.6 is 0 Å². The molecule has 1 aromatic heterocycles. The van der Waals surface area contributed by atoms with Crippen LogP contribution < -0.4 is 5.32 Å². The number of hydrogen-bond acceptors (Lipinski definition) is 2. The van der Waals surface area contributed by atoms with E-state index in [2.05, 4.69) is 52.4 Å². The SMILES string of the molecule is CNC1CCCC1CCn1ccnc1-c1ccccc1. The molecule has 3 nitrogen and oxygen atoms in total. The highest BCUT2D eigenvalue weighted by Crippen LogP contribution is 2.29. The second kappa shape index (κ2) is 6.23. The van der Waals surface area contributed by atoms with E-state index in [9.17, 15) is 0 Å². The first-order chi connectivity index (χ1) is 9.88. The summed E-state index contributed by atoms with van der Waals surface area (Å²) in [4.78, 5) is 4.52. The number of nitrogens with one attached hydrogen (secondary N) is 1. The van der Waals surface area contributed by atoms with Crippen molar-refractivity contribution in [2.45, 2.75) is 38.3 Å². The first-order valence-corrected chi connectivity index (χ1v) is 7.62. The van der Waals surface area contributed by atoms with E-state index >= 15 is 0 Å². The lowest BCUT2D eigenvalue weighted by molar-refractivity contribution is 0.379. The summed E-state index contributed by atoms with van der Waals surface area (Å²) in [6.45, 7) is 1.06. The molecule has 2 atom stereocenters. The molecule has 0 bridgehead atoms. The van der Waals surface area contributed by atoms with E-state index in [1.54, 1.807) is 0 Å². The molecule has 0 saturated heterocycles. The third-order valence-corrected chi connectivity index (χ3v) is 4.52. The maximum absolute atomic E-state index is 4.52. The summed E-state index contributed by atoms with van der Waals surface area (Å²) in [6, 6.07) is 11.2. The van der Waals surface area contributed by atoms with Crippen molar-refractivity contribution >= 4 is 0 Å². The summed E-state index contributed by atoms with van der Waals surface area (Å²) in [5.74, 6) is 1.90. The van der Waals surface area contributed by atoms with Crippen molar-refractivity contribution in [1.82, 2.24) is 14.9 Å². The summed E-state index contributed by atoms with van der Waals surface area (Å²) in [6.07, 6.45) is 9.31. The number of imidazole rings is 1. The van der Waals surface area contributed by atoms with Crippen molar-refractivity contribution in [2.75, 3.05) is 7.05 Å². The molecule has 1 heterocycles. The molecule has 1 saturated carbocycles. The summed E-state index contributed by atoms with van der Waals surface area (Å²) >= 11 is 0. The largest absolute Gasteiger partial charge is 0.331 e. The van der Waals surface area contributed by atoms with Gasteiger partial charge in [-0.2, -0.15) is 0 Å². The quantitative estimate of drug-likeness (QED) is 0.902. The minimum Gasteiger partial charge on any atom is -0.331 e. The third-order valence-electron chi connectivity index (χ3n) is 4.52. The molecule has 1 aromatic carbocycles. The van der Waals surface area contributed by atoms with Crippen LogP contribution in [-0.4, -0.2) is 22.6 Å². The molecule has 0 radical (unpaired) electrons. The van der Waals surface area contributed by atoms with Gasteiger partial charge in [-0.1, -0.05) is 36.8 Å². The fourth-order valence-electron chi connectivity index (χ4n) is 3.40. The Morgan fingerprint density at radius 1 is 1.25 bits per heavy atom. The molecule has 1 N–H and O–H groups in total. The number of benzene rings is 1. The van der Waals surface area contributed by atoms with E-state index in [-0.39, 0.29) is 0 Å². The van der Waals surface area contributed by atoms with Crippen LogP contribution in [0.2, 0.25) is 0 Å². The Morgan fingerprint density at radius 2 is 2.10 bits per heavy atom. The number of aryl methyl sites for hydroxylation is 1. The van der Waals surface area contributed by atoms with Crippen molar-refractivity contribution in [3.05, 3.63) is 42.7 Å². The molecule has 0 amide bonds. The molecule has 3 heteroatoms. The first kappa shape index (κ1) is 13.4. The van der Waals surface area contributed by atoms with Crippen molar-refractivity contribution in [1.29, 1.82) is 0 Å². The number of aromatic nitrogens is 2. The van der Waals surface area contributed by atoms with Gasteiger partial charge >= 0.3 is 0 Å². The molecule has 0 aliphatic heterocycles. The normalized spacial score (nSPS) is 22.2. The second-order valence-corrected chi connectivity index (χ2v) is 5.69. The molecule has 3 rings (SSSR count). The van der Waals surface area contributed by atoms with E-state index in [0.717, 1.165) is 18.3 Å². The van der Waals surface area contributed by atoms with Crippen LogP contribution in [0.1, 0.15) is 25.7 Å². The lowest BCUT2D eigenvalue weighted by Gasteiger charge is -2.19. The maximum Gasteiger partial charge on any atom is 0.139 e. The van der Waals surface area contributed by atoms with Gasteiger partial charge in [0.1, 0.15) is 5.82 Å². The first-order valence-electron chi connectivity index (χ1n) is 7.62. The minimum absolute atomic E-state index is 0.707. The standard InChI is InChI=1S/C17H23N3/c1-18-16-9-5-8-14(16)10-12-20-13-11-19-17(20)15-6-3-2-4-7-15/h2-4,6-7,11,13-14,16,18H,5,8-10,12H2,1H3. The fraction of sp³-hybridized carbons (Fsp3) is 0.471.